The van der Waals surface area contributed by atoms with Gasteiger partial charge >= 0.3 is 0 Å². The van der Waals surface area contributed by atoms with Crippen molar-refractivity contribution in [2.75, 3.05) is 12.0 Å². The largest absolute Gasteiger partial charge is 0.492 e. The van der Waals surface area contributed by atoms with Crippen molar-refractivity contribution in [1.82, 2.24) is 4.98 Å². The SMILES string of the molecule is CCCCCCOc1ccc(C=NNc2nc(C)cs2)cc1Cl. The Morgan fingerprint density at radius 1 is 1.35 bits per heavy atom. The summed E-state index contributed by atoms with van der Waals surface area (Å²) in [6.45, 7) is 4.85. The molecule has 6 heteroatoms. The Hall–Kier alpha value is -1.59. The Bertz CT molecular complexity index is 643. The molecule has 2 rings (SSSR count). The molecule has 124 valence electrons. The van der Waals surface area contributed by atoms with E-state index in [2.05, 4.69) is 22.4 Å². The summed E-state index contributed by atoms with van der Waals surface area (Å²) in [7, 11) is 0. The van der Waals surface area contributed by atoms with Gasteiger partial charge in [0.1, 0.15) is 5.75 Å². The Kier molecular flexibility index (Phi) is 7.36. The third-order valence-electron chi connectivity index (χ3n) is 3.20. The van der Waals surface area contributed by atoms with Gasteiger partial charge in [0.2, 0.25) is 5.13 Å². The second-order valence-corrected chi connectivity index (χ2v) is 6.53. The molecule has 0 amide bonds. The molecule has 1 aromatic carbocycles. The minimum absolute atomic E-state index is 0.606. The minimum atomic E-state index is 0.606. The molecule has 0 saturated heterocycles. The zero-order valence-electron chi connectivity index (χ0n) is 13.5. The van der Waals surface area contributed by atoms with Gasteiger partial charge in [-0.2, -0.15) is 5.10 Å². The average molecular weight is 352 g/mol. The first-order chi connectivity index (χ1) is 11.2. The maximum atomic E-state index is 6.25. The van der Waals surface area contributed by atoms with Crippen molar-refractivity contribution in [3.63, 3.8) is 0 Å². The number of benzene rings is 1. The fourth-order valence-corrected chi connectivity index (χ4v) is 2.87. The summed E-state index contributed by atoms with van der Waals surface area (Å²) in [6.07, 6.45) is 6.44. The van der Waals surface area contributed by atoms with Gasteiger partial charge in [-0.05, 0) is 37.1 Å². The maximum Gasteiger partial charge on any atom is 0.203 e. The van der Waals surface area contributed by atoms with E-state index in [1.54, 1.807) is 6.21 Å². The number of ether oxygens (including phenoxy) is 1. The third-order valence-corrected chi connectivity index (χ3v) is 4.36. The lowest BCUT2D eigenvalue weighted by Crippen LogP contribution is -1.98. The predicted octanol–water partition coefficient (Wildman–Crippen LogP) is 5.51. The first-order valence-electron chi connectivity index (χ1n) is 7.82. The molecule has 2 aromatic rings. The summed E-state index contributed by atoms with van der Waals surface area (Å²) in [5, 5.41) is 7.52. The normalized spacial score (nSPS) is 11.1. The lowest BCUT2D eigenvalue weighted by Gasteiger charge is -2.08. The summed E-state index contributed by atoms with van der Waals surface area (Å²) in [5.74, 6) is 0.726. The molecule has 23 heavy (non-hydrogen) atoms. The van der Waals surface area contributed by atoms with E-state index in [-0.39, 0.29) is 0 Å². The van der Waals surface area contributed by atoms with Gasteiger partial charge in [0, 0.05) is 5.38 Å². The molecule has 0 aliphatic rings. The second-order valence-electron chi connectivity index (χ2n) is 5.26. The number of halogens is 1. The fraction of sp³-hybridized carbons (Fsp3) is 0.412. The van der Waals surface area contributed by atoms with Gasteiger partial charge in [-0.25, -0.2) is 4.98 Å². The average Bonchev–Trinajstić information content (AvgIpc) is 2.94. The summed E-state index contributed by atoms with van der Waals surface area (Å²) in [6, 6.07) is 5.67. The molecule has 0 unspecified atom stereocenters. The van der Waals surface area contributed by atoms with Crippen LogP contribution in [0.15, 0.2) is 28.7 Å². The molecular weight excluding hydrogens is 330 g/mol. The van der Waals surface area contributed by atoms with Gasteiger partial charge in [-0.15, -0.1) is 11.3 Å². The van der Waals surface area contributed by atoms with Crippen LogP contribution in [0.2, 0.25) is 5.02 Å². The van der Waals surface area contributed by atoms with E-state index in [0.29, 0.717) is 11.6 Å². The van der Waals surface area contributed by atoms with Gasteiger partial charge in [0.15, 0.2) is 0 Å². The van der Waals surface area contributed by atoms with Crippen LogP contribution in [-0.4, -0.2) is 17.8 Å². The molecule has 0 aliphatic heterocycles. The number of thiazole rings is 1. The summed E-state index contributed by atoms with van der Waals surface area (Å²) < 4.78 is 5.71. The molecular formula is C17H22ClN3OS. The van der Waals surface area contributed by atoms with E-state index in [0.717, 1.165) is 28.6 Å². The smallest absolute Gasteiger partial charge is 0.203 e. The van der Waals surface area contributed by atoms with Crippen molar-refractivity contribution in [2.24, 2.45) is 5.10 Å². The lowest BCUT2D eigenvalue weighted by atomic mass is 10.2. The standard InChI is InChI=1S/C17H22ClN3OS/c1-3-4-5-6-9-22-16-8-7-14(10-15(16)18)11-19-21-17-20-13(2)12-23-17/h7-8,10-12H,3-6,9H2,1-2H3,(H,20,21). The van der Waals surface area contributed by atoms with E-state index >= 15 is 0 Å². The van der Waals surface area contributed by atoms with Crippen molar-refractivity contribution in [2.45, 2.75) is 39.5 Å². The van der Waals surface area contributed by atoms with Crippen LogP contribution >= 0.6 is 22.9 Å². The first kappa shape index (κ1) is 17.8. The van der Waals surface area contributed by atoms with Gasteiger partial charge < -0.3 is 4.74 Å². The van der Waals surface area contributed by atoms with Crippen LogP contribution < -0.4 is 10.2 Å². The van der Waals surface area contributed by atoms with E-state index in [1.165, 1.54) is 30.6 Å². The highest BCUT2D eigenvalue weighted by atomic mass is 35.5. The molecule has 1 N–H and O–H groups in total. The zero-order chi connectivity index (χ0) is 16.5. The second kappa shape index (κ2) is 9.53. The van der Waals surface area contributed by atoms with E-state index in [1.807, 2.05) is 30.5 Å². The molecule has 0 radical (unpaired) electrons. The quantitative estimate of drug-likeness (QED) is 0.368. The number of unbranched alkanes of at least 4 members (excludes halogenated alkanes) is 3. The number of hydrazone groups is 1. The van der Waals surface area contributed by atoms with E-state index in [4.69, 9.17) is 16.3 Å². The molecule has 0 bridgehead atoms. The minimum Gasteiger partial charge on any atom is -0.492 e. The number of nitrogens with one attached hydrogen (secondary N) is 1. The van der Waals surface area contributed by atoms with Crippen molar-refractivity contribution in [3.05, 3.63) is 39.9 Å². The number of aryl methyl sites for hydroxylation is 1. The Balaban J connectivity index is 1.83. The summed E-state index contributed by atoms with van der Waals surface area (Å²) >= 11 is 7.77. The monoisotopic (exact) mass is 351 g/mol. The topological polar surface area (TPSA) is 46.5 Å². The Labute approximate surface area is 146 Å². The van der Waals surface area contributed by atoms with Gasteiger partial charge in [0.25, 0.3) is 0 Å². The van der Waals surface area contributed by atoms with Crippen LogP contribution in [0.3, 0.4) is 0 Å². The zero-order valence-corrected chi connectivity index (χ0v) is 15.1. The van der Waals surface area contributed by atoms with E-state index in [9.17, 15) is 0 Å². The molecule has 0 fully saturated rings. The van der Waals surface area contributed by atoms with Crippen LogP contribution in [0, 0.1) is 6.92 Å². The van der Waals surface area contributed by atoms with Crippen molar-refractivity contribution in [1.29, 1.82) is 0 Å². The van der Waals surface area contributed by atoms with Gasteiger partial charge in [-0.3, -0.25) is 5.43 Å². The van der Waals surface area contributed by atoms with Crippen LogP contribution in [0.4, 0.5) is 5.13 Å². The van der Waals surface area contributed by atoms with E-state index < -0.39 is 0 Å². The molecule has 1 heterocycles. The highest BCUT2D eigenvalue weighted by molar-refractivity contribution is 7.13. The fourth-order valence-electron chi connectivity index (χ4n) is 1.99. The van der Waals surface area contributed by atoms with Crippen molar-refractivity contribution >= 4 is 34.3 Å². The molecule has 0 spiro atoms. The highest BCUT2D eigenvalue weighted by Gasteiger charge is 2.02. The Morgan fingerprint density at radius 2 is 2.22 bits per heavy atom. The maximum absolute atomic E-state index is 6.25. The number of nitrogens with zero attached hydrogens (tertiary/aromatic N) is 2. The molecule has 4 nitrogen and oxygen atoms in total. The molecule has 0 atom stereocenters. The predicted molar refractivity (Wildman–Crippen MR) is 99.2 cm³/mol. The third kappa shape index (κ3) is 6.20. The van der Waals surface area contributed by atoms with Crippen LogP contribution in [0.25, 0.3) is 0 Å². The molecule has 1 aromatic heterocycles. The van der Waals surface area contributed by atoms with Crippen LogP contribution in [0.1, 0.15) is 43.9 Å². The van der Waals surface area contributed by atoms with Crippen molar-refractivity contribution in [3.8, 4) is 5.75 Å². The number of anilines is 1. The number of hydrogen-bond donors (Lipinski definition) is 1. The number of hydrogen-bond acceptors (Lipinski definition) is 5. The molecule has 0 saturated carbocycles. The van der Waals surface area contributed by atoms with Crippen LogP contribution in [-0.2, 0) is 0 Å². The Morgan fingerprint density at radius 3 is 2.91 bits per heavy atom. The van der Waals surface area contributed by atoms with Gasteiger partial charge in [-0.1, -0.05) is 37.8 Å². The lowest BCUT2D eigenvalue weighted by molar-refractivity contribution is 0.305. The molecule has 0 aliphatic carbocycles. The van der Waals surface area contributed by atoms with Crippen LogP contribution in [0.5, 0.6) is 5.75 Å². The highest BCUT2D eigenvalue weighted by Crippen LogP contribution is 2.25. The first-order valence-corrected chi connectivity index (χ1v) is 9.08. The number of rotatable bonds is 9. The van der Waals surface area contributed by atoms with Crippen molar-refractivity contribution < 1.29 is 4.74 Å². The van der Waals surface area contributed by atoms with Gasteiger partial charge in [0.05, 0.1) is 23.5 Å². The summed E-state index contributed by atoms with van der Waals surface area (Å²) in [4.78, 5) is 4.28. The number of aromatic nitrogens is 1. The summed E-state index contributed by atoms with van der Waals surface area (Å²) in [5.41, 5.74) is 4.80.